The zero-order valence-electron chi connectivity index (χ0n) is 6.48. The highest BCUT2D eigenvalue weighted by Gasteiger charge is 2.10. The lowest BCUT2D eigenvalue weighted by atomic mass is 10.2. The molecule has 13 heavy (non-hydrogen) atoms. The Morgan fingerprint density at radius 1 is 1.31 bits per heavy atom. The van der Waals surface area contributed by atoms with Crippen molar-refractivity contribution in [2.24, 2.45) is 0 Å². The van der Waals surface area contributed by atoms with E-state index in [1.165, 1.54) is 11.3 Å². The van der Waals surface area contributed by atoms with Crippen molar-refractivity contribution in [2.45, 2.75) is 5.88 Å². The molecular formula is C9H5ClF2S. The average molecular weight is 219 g/mol. The topological polar surface area (TPSA) is 0 Å². The molecule has 4 heteroatoms. The molecule has 0 nitrogen and oxygen atoms in total. The third kappa shape index (κ3) is 1.32. The molecule has 0 atom stereocenters. The number of benzene rings is 1. The lowest BCUT2D eigenvalue weighted by Gasteiger charge is -1.95. The Balaban J connectivity index is 2.81. The molecule has 0 spiro atoms. The van der Waals surface area contributed by atoms with Crippen LogP contribution in [-0.4, -0.2) is 0 Å². The van der Waals surface area contributed by atoms with Gasteiger partial charge < -0.3 is 0 Å². The molecule has 0 bridgehead atoms. The van der Waals surface area contributed by atoms with Crippen molar-refractivity contribution >= 4 is 33.0 Å². The lowest BCUT2D eigenvalue weighted by Crippen LogP contribution is -1.83. The highest BCUT2D eigenvalue weighted by molar-refractivity contribution is 7.17. The highest BCUT2D eigenvalue weighted by atomic mass is 35.5. The van der Waals surface area contributed by atoms with Gasteiger partial charge >= 0.3 is 0 Å². The minimum atomic E-state index is -0.810. The third-order valence-electron chi connectivity index (χ3n) is 1.86. The molecule has 68 valence electrons. The average Bonchev–Trinajstić information content (AvgIpc) is 2.55. The molecule has 1 aromatic carbocycles. The highest BCUT2D eigenvalue weighted by Crippen LogP contribution is 2.30. The second-order valence-electron chi connectivity index (χ2n) is 2.63. The normalized spacial score (nSPS) is 11.0. The van der Waals surface area contributed by atoms with Gasteiger partial charge in [0, 0.05) is 11.3 Å². The van der Waals surface area contributed by atoms with Crippen LogP contribution in [0.1, 0.15) is 5.56 Å². The largest absolute Gasteiger partial charge is 0.204 e. The zero-order valence-corrected chi connectivity index (χ0v) is 8.05. The quantitative estimate of drug-likeness (QED) is 0.637. The standard InChI is InChI=1S/C9H5ClF2S/c10-3-5-4-13-9-6(5)1-2-7(11)8(9)12/h1-2,4H,3H2. The maximum absolute atomic E-state index is 13.1. The summed E-state index contributed by atoms with van der Waals surface area (Å²) in [6.45, 7) is 0. The van der Waals surface area contributed by atoms with Crippen LogP contribution in [0.4, 0.5) is 8.78 Å². The van der Waals surface area contributed by atoms with E-state index < -0.39 is 11.6 Å². The second kappa shape index (κ2) is 3.24. The van der Waals surface area contributed by atoms with E-state index in [1.54, 1.807) is 11.4 Å². The molecule has 0 N–H and O–H groups in total. The molecule has 2 aromatic rings. The Hall–Kier alpha value is -0.670. The molecule has 0 aliphatic heterocycles. The van der Waals surface area contributed by atoms with Crippen LogP contribution in [-0.2, 0) is 5.88 Å². The summed E-state index contributed by atoms with van der Waals surface area (Å²) < 4.78 is 26.2. The molecule has 0 saturated heterocycles. The van der Waals surface area contributed by atoms with Gasteiger partial charge in [-0.05, 0) is 17.0 Å². The number of hydrogen-bond acceptors (Lipinski definition) is 1. The number of alkyl halides is 1. The van der Waals surface area contributed by atoms with E-state index in [1.807, 2.05) is 0 Å². The van der Waals surface area contributed by atoms with Crippen LogP contribution in [0, 0.1) is 11.6 Å². The van der Waals surface area contributed by atoms with Gasteiger partial charge in [-0.15, -0.1) is 22.9 Å². The first kappa shape index (κ1) is 8.91. The molecule has 2 rings (SSSR count). The van der Waals surface area contributed by atoms with Crippen molar-refractivity contribution in [3.05, 3.63) is 34.7 Å². The van der Waals surface area contributed by atoms with Gasteiger partial charge in [-0.2, -0.15) is 0 Å². The van der Waals surface area contributed by atoms with E-state index in [9.17, 15) is 8.78 Å². The van der Waals surface area contributed by atoms with Gasteiger partial charge in [0.05, 0.1) is 4.70 Å². The maximum Gasteiger partial charge on any atom is 0.176 e. The van der Waals surface area contributed by atoms with Gasteiger partial charge in [-0.25, -0.2) is 8.78 Å². The summed E-state index contributed by atoms with van der Waals surface area (Å²) in [7, 11) is 0. The van der Waals surface area contributed by atoms with Gasteiger partial charge in [0.25, 0.3) is 0 Å². The summed E-state index contributed by atoms with van der Waals surface area (Å²) in [6.07, 6.45) is 0. The fraction of sp³-hybridized carbons (Fsp3) is 0.111. The first-order valence-electron chi connectivity index (χ1n) is 3.64. The molecule has 0 saturated carbocycles. The molecule has 1 heterocycles. The SMILES string of the molecule is Fc1ccc2c(CCl)csc2c1F. The number of halogens is 3. The number of rotatable bonds is 1. The molecule has 0 aliphatic carbocycles. The van der Waals surface area contributed by atoms with E-state index in [4.69, 9.17) is 11.6 Å². The van der Waals surface area contributed by atoms with Crippen LogP contribution in [0.25, 0.3) is 10.1 Å². The van der Waals surface area contributed by atoms with Gasteiger partial charge in [0.15, 0.2) is 11.6 Å². The van der Waals surface area contributed by atoms with Crippen molar-refractivity contribution in [3.8, 4) is 0 Å². The summed E-state index contributed by atoms with van der Waals surface area (Å²) in [4.78, 5) is 0. The summed E-state index contributed by atoms with van der Waals surface area (Å²) in [5.41, 5.74) is 0.848. The summed E-state index contributed by atoms with van der Waals surface area (Å²) in [6, 6.07) is 2.68. The number of thiophene rings is 1. The van der Waals surface area contributed by atoms with Gasteiger partial charge in [-0.1, -0.05) is 6.07 Å². The Bertz CT molecular complexity index is 450. The minimum Gasteiger partial charge on any atom is -0.204 e. The Morgan fingerprint density at radius 2 is 2.08 bits per heavy atom. The maximum atomic E-state index is 13.1. The van der Waals surface area contributed by atoms with Gasteiger partial charge in [-0.3, -0.25) is 0 Å². The third-order valence-corrected chi connectivity index (χ3v) is 3.18. The summed E-state index contributed by atoms with van der Waals surface area (Å²) in [5, 5.41) is 2.46. The van der Waals surface area contributed by atoms with Crippen LogP contribution in [0.2, 0.25) is 0 Å². The van der Waals surface area contributed by atoms with Crippen LogP contribution in [0.15, 0.2) is 17.5 Å². The van der Waals surface area contributed by atoms with Crippen LogP contribution >= 0.6 is 22.9 Å². The molecule has 0 aliphatic rings. The number of fused-ring (bicyclic) bond motifs is 1. The molecule has 0 amide bonds. The van der Waals surface area contributed by atoms with E-state index in [2.05, 4.69) is 0 Å². The Labute approximate surface area is 82.8 Å². The minimum absolute atomic E-state index is 0.324. The van der Waals surface area contributed by atoms with Gasteiger partial charge in [0.1, 0.15) is 0 Å². The Morgan fingerprint density at radius 3 is 2.77 bits per heavy atom. The predicted octanol–water partition coefficient (Wildman–Crippen LogP) is 3.92. The van der Waals surface area contributed by atoms with E-state index in [-0.39, 0.29) is 0 Å². The van der Waals surface area contributed by atoms with Crippen molar-refractivity contribution in [2.75, 3.05) is 0 Å². The zero-order chi connectivity index (χ0) is 9.42. The van der Waals surface area contributed by atoms with E-state index >= 15 is 0 Å². The second-order valence-corrected chi connectivity index (χ2v) is 3.78. The molecule has 1 aromatic heterocycles. The van der Waals surface area contributed by atoms with E-state index in [0.717, 1.165) is 11.6 Å². The smallest absolute Gasteiger partial charge is 0.176 e. The first-order chi connectivity index (χ1) is 6.24. The summed E-state index contributed by atoms with van der Waals surface area (Å²) in [5.74, 6) is -1.26. The van der Waals surface area contributed by atoms with E-state index in [0.29, 0.717) is 16.0 Å². The fourth-order valence-electron chi connectivity index (χ4n) is 1.20. The monoisotopic (exact) mass is 218 g/mol. The molecule has 0 radical (unpaired) electrons. The van der Waals surface area contributed by atoms with Crippen molar-refractivity contribution in [3.63, 3.8) is 0 Å². The lowest BCUT2D eigenvalue weighted by molar-refractivity contribution is 0.518. The predicted molar refractivity (Wildman–Crippen MR) is 51.3 cm³/mol. The van der Waals surface area contributed by atoms with Crippen LogP contribution < -0.4 is 0 Å². The molecular weight excluding hydrogens is 214 g/mol. The Kier molecular flexibility index (Phi) is 2.22. The fourth-order valence-corrected chi connectivity index (χ4v) is 2.51. The van der Waals surface area contributed by atoms with Crippen molar-refractivity contribution in [1.82, 2.24) is 0 Å². The summed E-state index contributed by atoms with van der Waals surface area (Å²) >= 11 is 6.81. The molecule has 0 fully saturated rings. The molecule has 0 unspecified atom stereocenters. The van der Waals surface area contributed by atoms with Crippen LogP contribution in [0.5, 0.6) is 0 Å². The number of hydrogen-bond donors (Lipinski definition) is 0. The first-order valence-corrected chi connectivity index (χ1v) is 5.05. The van der Waals surface area contributed by atoms with Crippen LogP contribution in [0.3, 0.4) is 0 Å². The van der Waals surface area contributed by atoms with Gasteiger partial charge in [0.2, 0.25) is 0 Å². The van der Waals surface area contributed by atoms with Crippen molar-refractivity contribution in [1.29, 1.82) is 0 Å². The van der Waals surface area contributed by atoms with Crippen molar-refractivity contribution < 1.29 is 8.78 Å².